The molecule has 2 aromatic heterocycles. The Hall–Kier alpha value is -7.56. The molecule has 63 heavy (non-hydrogen) atoms. The summed E-state index contributed by atoms with van der Waals surface area (Å²) in [5.74, 6) is 1.77. The monoisotopic (exact) mass is 816 g/mol. The van der Waals surface area contributed by atoms with Crippen LogP contribution >= 0.6 is 0 Å². The van der Waals surface area contributed by atoms with Crippen LogP contribution in [-0.4, -0.2) is 9.97 Å². The average molecular weight is 817 g/mol. The van der Waals surface area contributed by atoms with Crippen molar-refractivity contribution in [3.8, 4) is 0 Å². The maximum Gasteiger partial charge on any atom is 0.145 e. The fraction of sp³-hybridized carbons (Fsp3) is 0.119. The highest BCUT2D eigenvalue weighted by molar-refractivity contribution is 6.25. The Kier molecular flexibility index (Phi) is 11.3. The van der Waals surface area contributed by atoms with Crippen molar-refractivity contribution in [1.29, 1.82) is 0 Å². The molecule has 0 saturated heterocycles. The molecule has 11 rings (SSSR count). The van der Waals surface area contributed by atoms with Gasteiger partial charge in [0, 0.05) is 56.1 Å². The summed E-state index contributed by atoms with van der Waals surface area (Å²) in [4.78, 5) is 15.3. The van der Waals surface area contributed by atoms with Crippen molar-refractivity contribution in [2.75, 3.05) is 9.80 Å². The fourth-order valence-corrected chi connectivity index (χ4v) is 8.95. The van der Waals surface area contributed by atoms with E-state index in [0.717, 1.165) is 77.5 Å². The molecule has 0 saturated carbocycles. The van der Waals surface area contributed by atoms with Crippen LogP contribution < -0.4 is 9.80 Å². The van der Waals surface area contributed by atoms with Gasteiger partial charge in [0.15, 0.2) is 0 Å². The zero-order chi connectivity index (χ0) is 43.6. The van der Waals surface area contributed by atoms with E-state index in [1.807, 2.05) is 40.1 Å². The normalized spacial score (nSPS) is 11.1. The average Bonchev–Trinajstić information content (AvgIpc) is 3.34. The Morgan fingerprint density at radius 1 is 0.317 bits per heavy atom. The Morgan fingerprint density at radius 3 is 1.19 bits per heavy atom. The fourth-order valence-electron chi connectivity index (χ4n) is 8.95. The van der Waals surface area contributed by atoms with Crippen molar-refractivity contribution >= 4 is 99.0 Å². The van der Waals surface area contributed by atoms with Crippen LogP contribution in [0.2, 0.25) is 0 Å². The van der Waals surface area contributed by atoms with Gasteiger partial charge >= 0.3 is 0 Å². The number of aromatic nitrogens is 2. The zero-order valence-corrected chi connectivity index (χ0v) is 37.2. The molecule has 9 aromatic carbocycles. The van der Waals surface area contributed by atoms with Gasteiger partial charge in [-0.25, -0.2) is 9.97 Å². The molecule has 0 N–H and O–H groups in total. The highest BCUT2D eigenvalue weighted by atomic mass is 15.2. The molecular weight excluding hydrogens is 765 g/mol. The molecule has 0 spiro atoms. The first-order valence-corrected chi connectivity index (χ1v) is 22.2. The zero-order valence-electron chi connectivity index (χ0n) is 37.2. The van der Waals surface area contributed by atoms with Crippen LogP contribution in [0.4, 0.5) is 34.4 Å². The molecule has 308 valence electrons. The van der Waals surface area contributed by atoms with E-state index in [-0.39, 0.29) is 0 Å². The van der Waals surface area contributed by atoms with Crippen molar-refractivity contribution in [3.05, 3.63) is 205 Å². The Morgan fingerprint density at radius 2 is 0.714 bits per heavy atom. The number of rotatable bonds is 6. The molecule has 2 heterocycles. The van der Waals surface area contributed by atoms with Gasteiger partial charge < -0.3 is 0 Å². The molecule has 4 nitrogen and oxygen atoms in total. The van der Waals surface area contributed by atoms with E-state index in [1.165, 1.54) is 38.2 Å². The van der Waals surface area contributed by atoms with Gasteiger partial charge in [0.05, 0.1) is 11.4 Å². The van der Waals surface area contributed by atoms with E-state index < -0.39 is 0 Å². The van der Waals surface area contributed by atoms with E-state index in [9.17, 15) is 0 Å². The van der Waals surface area contributed by atoms with Crippen LogP contribution in [0, 0.1) is 20.8 Å². The number of fused-ring (bicyclic) bond motifs is 6. The maximum absolute atomic E-state index is 5.24. The van der Waals surface area contributed by atoms with E-state index in [0.29, 0.717) is 0 Å². The number of hydrogen-bond acceptors (Lipinski definition) is 4. The topological polar surface area (TPSA) is 32.3 Å². The number of benzene rings is 9. The minimum absolute atomic E-state index is 0.884. The van der Waals surface area contributed by atoms with Gasteiger partial charge in [-0.1, -0.05) is 155 Å². The summed E-state index contributed by atoms with van der Waals surface area (Å²) >= 11 is 0. The molecular formula is C59H52N4. The molecule has 0 amide bonds. The van der Waals surface area contributed by atoms with E-state index in [2.05, 4.69) is 206 Å². The van der Waals surface area contributed by atoms with Crippen molar-refractivity contribution in [1.82, 2.24) is 9.97 Å². The van der Waals surface area contributed by atoms with Gasteiger partial charge in [0.25, 0.3) is 0 Å². The van der Waals surface area contributed by atoms with Crippen LogP contribution in [0.1, 0.15) is 44.4 Å². The number of pyridine rings is 2. The van der Waals surface area contributed by atoms with Gasteiger partial charge in [0.1, 0.15) is 11.6 Å². The SMILES string of the molecule is CC.CC.Cc1ccc2c(N(c3ccc4ccccc4c3)c3nccc4ccccc34)c3cc(C)c(C)cc3c(N(c3ccc4ccccc4c3)c3nccc4ccccc34)c2c1. The van der Waals surface area contributed by atoms with Crippen LogP contribution in [0.15, 0.2) is 188 Å². The molecule has 0 aliphatic rings. The second-order valence-corrected chi connectivity index (χ2v) is 15.7. The molecule has 0 bridgehead atoms. The van der Waals surface area contributed by atoms with Crippen molar-refractivity contribution in [2.45, 2.75) is 48.5 Å². The van der Waals surface area contributed by atoms with E-state index >= 15 is 0 Å². The highest BCUT2D eigenvalue weighted by Gasteiger charge is 2.28. The first-order chi connectivity index (χ1) is 31.0. The lowest BCUT2D eigenvalue weighted by atomic mass is 9.92. The molecule has 4 heteroatoms. The van der Waals surface area contributed by atoms with E-state index in [4.69, 9.17) is 9.97 Å². The predicted octanol–water partition coefficient (Wildman–Crippen LogP) is 17.3. The van der Waals surface area contributed by atoms with Crippen LogP contribution in [0.5, 0.6) is 0 Å². The smallest absolute Gasteiger partial charge is 0.145 e. The molecule has 0 aliphatic heterocycles. The molecule has 0 aliphatic carbocycles. The van der Waals surface area contributed by atoms with E-state index in [1.54, 1.807) is 0 Å². The third-order valence-electron chi connectivity index (χ3n) is 12.0. The summed E-state index contributed by atoms with van der Waals surface area (Å²) in [6.45, 7) is 14.6. The second-order valence-electron chi connectivity index (χ2n) is 15.7. The lowest BCUT2D eigenvalue weighted by Gasteiger charge is -2.33. The summed E-state index contributed by atoms with van der Waals surface area (Å²) in [5, 5.41) is 13.7. The Balaban J connectivity index is 0.00000123. The van der Waals surface area contributed by atoms with Gasteiger partial charge in [-0.05, 0) is 119 Å². The summed E-state index contributed by atoms with van der Waals surface area (Å²) in [6.07, 6.45) is 3.89. The largest absolute Gasteiger partial charge is 0.293 e. The van der Waals surface area contributed by atoms with Crippen LogP contribution in [-0.2, 0) is 0 Å². The third-order valence-corrected chi connectivity index (χ3v) is 12.0. The molecule has 0 atom stereocenters. The Labute approximate surface area is 370 Å². The number of aryl methyl sites for hydroxylation is 3. The van der Waals surface area contributed by atoms with Gasteiger partial charge in [0.2, 0.25) is 0 Å². The minimum Gasteiger partial charge on any atom is -0.293 e. The minimum atomic E-state index is 0.884. The lowest BCUT2D eigenvalue weighted by Crippen LogP contribution is -2.16. The third kappa shape index (κ3) is 7.28. The second kappa shape index (κ2) is 17.4. The summed E-state index contributed by atoms with van der Waals surface area (Å²) in [6, 6.07) is 63.8. The molecule has 11 aromatic rings. The van der Waals surface area contributed by atoms with Crippen LogP contribution in [0.3, 0.4) is 0 Å². The Bertz CT molecular complexity index is 3450. The molecule has 0 radical (unpaired) electrons. The van der Waals surface area contributed by atoms with Crippen LogP contribution in [0.25, 0.3) is 64.6 Å². The summed E-state index contributed by atoms with van der Waals surface area (Å²) in [5.41, 5.74) is 7.90. The first kappa shape index (κ1) is 40.8. The lowest BCUT2D eigenvalue weighted by molar-refractivity contribution is 1.21. The molecule has 0 fully saturated rings. The quantitative estimate of drug-likeness (QED) is 0.124. The number of anilines is 6. The summed E-state index contributed by atoms with van der Waals surface area (Å²) < 4.78 is 0. The number of hydrogen-bond donors (Lipinski definition) is 0. The predicted molar refractivity (Wildman–Crippen MR) is 273 cm³/mol. The van der Waals surface area contributed by atoms with Gasteiger partial charge in [-0.2, -0.15) is 0 Å². The standard InChI is InChI=1S/C55H40N4.2C2H6/c1-35-20-25-48-49(30-35)53(59(45-24-22-39-13-5-7-17-43(39)34-45)55-47-19-11-9-15-41(47)27-29-57-55)51-32-37(3)36(2)31-50(51)52(48)58(44-23-21-38-12-4-6-16-42(38)33-44)54-46-18-10-8-14-40(46)26-28-56-54;2*1-2/h4-34H,1-3H3;2*1-2H3. The van der Waals surface area contributed by atoms with Crippen molar-refractivity contribution < 1.29 is 0 Å². The van der Waals surface area contributed by atoms with Crippen molar-refractivity contribution in [3.63, 3.8) is 0 Å². The van der Waals surface area contributed by atoms with Crippen molar-refractivity contribution in [2.24, 2.45) is 0 Å². The summed E-state index contributed by atoms with van der Waals surface area (Å²) in [7, 11) is 0. The maximum atomic E-state index is 5.24. The van der Waals surface area contributed by atoms with Gasteiger partial charge in [-0.15, -0.1) is 0 Å². The highest BCUT2D eigenvalue weighted by Crippen LogP contribution is 2.53. The first-order valence-electron chi connectivity index (χ1n) is 22.2. The number of nitrogens with zero attached hydrogens (tertiary/aromatic N) is 4. The van der Waals surface area contributed by atoms with Gasteiger partial charge in [-0.3, -0.25) is 9.80 Å². The molecule has 0 unspecified atom stereocenters.